The maximum Gasteiger partial charge on any atom is 0.329 e. The monoisotopic (exact) mass is 295 g/mol. The Hall–Kier alpha value is -1.06. The number of nitrogens with zero attached hydrogens (tertiary/aromatic N) is 1. The number of ether oxygens (including phenoxy) is 1. The van der Waals surface area contributed by atoms with Gasteiger partial charge in [0.15, 0.2) is 0 Å². The molecular formula is C17H29NO3. The highest BCUT2D eigenvalue weighted by Gasteiger charge is 2.37. The quantitative estimate of drug-likeness (QED) is 0.749. The highest BCUT2D eigenvalue weighted by Crippen LogP contribution is 2.39. The fourth-order valence-electron chi connectivity index (χ4n) is 4.10. The van der Waals surface area contributed by atoms with Gasteiger partial charge in [0.1, 0.15) is 12.1 Å². The Labute approximate surface area is 128 Å². The van der Waals surface area contributed by atoms with Crippen LogP contribution in [0.2, 0.25) is 0 Å². The van der Waals surface area contributed by atoms with E-state index in [1.807, 2.05) is 6.92 Å². The Kier molecular flexibility index (Phi) is 4.95. The molecule has 1 heterocycles. The van der Waals surface area contributed by atoms with Crippen molar-refractivity contribution in [1.82, 2.24) is 4.90 Å². The van der Waals surface area contributed by atoms with E-state index in [1.165, 1.54) is 6.42 Å². The minimum absolute atomic E-state index is 0.00278. The van der Waals surface area contributed by atoms with Crippen LogP contribution in [0.25, 0.3) is 0 Å². The number of rotatable bonds is 4. The number of hydrogen-bond donors (Lipinski definition) is 0. The predicted molar refractivity (Wildman–Crippen MR) is 81.7 cm³/mol. The molecule has 1 saturated carbocycles. The third kappa shape index (κ3) is 3.98. The first-order valence-corrected chi connectivity index (χ1v) is 8.32. The van der Waals surface area contributed by atoms with Crippen molar-refractivity contribution in [2.45, 2.75) is 78.4 Å². The number of esters is 1. The third-order valence-corrected chi connectivity index (χ3v) is 4.77. The second kappa shape index (κ2) is 6.37. The van der Waals surface area contributed by atoms with Gasteiger partial charge in [0.05, 0.1) is 0 Å². The van der Waals surface area contributed by atoms with Crippen LogP contribution in [0.3, 0.4) is 0 Å². The van der Waals surface area contributed by atoms with E-state index in [4.69, 9.17) is 4.74 Å². The van der Waals surface area contributed by atoms with Gasteiger partial charge in [-0.15, -0.1) is 0 Å². The summed E-state index contributed by atoms with van der Waals surface area (Å²) in [5.41, 5.74) is 0.230. The Bertz CT molecular complexity index is 405. The van der Waals surface area contributed by atoms with E-state index in [9.17, 15) is 9.59 Å². The molecule has 0 radical (unpaired) electrons. The van der Waals surface area contributed by atoms with E-state index in [0.717, 1.165) is 19.3 Å². The van der Waals surface area contributed by atoms with Crippen LogP contribution in [0.15, 0.2) is 0 Å². The van der Waals surface area contributed by atoms with Gasteiger partial charge in [0.2, 0.25) is 5.91 Å². The Morgan fingerprint density at radius 2 is 2.14 bits per heavy atom. The minimum atomic E-state index is -0.389. The lowest BCUT2D eigenvalue weighted by Gasteiger charge is -2.39. The zero-order chi connectivity index (χ0) is 15.6. The van der Waals surface area contributed by atoms with E-state index in [1.54, 1.807) is 4.90 Å². The summed E-state index contributed by atoms with van der Waals surface area (Å²) in [5.74, 6) is 0.471. The maximum absolute atomic E-state index is 12.5. The summed E-state index contributed by atoms with van der Waals surface area (Å²) in [5, 5.41) is 0. The number of amides is 1. The minimum Gasteiger partial charge on any atom is -0.461 e. The Morgan fingerprint density at radius 1 is 1.43 bits per heavy atom. The summed E-state index contributed by atoms with van der Waals surface area (Å²) in [6, 6.07) is -0.389. The summed E-state index contributed by atoms with van der Waals surface area (Å²) in [6.45, 7) is 9.35. The molecule has 3 atom stereocenters. The smallest absolute Gasteiger partial charge is 0.329 e. The van der Waals surface area contributed by atoms with Crippen LogP contribution in [0.4, 0.5) is 0 Å². The molecular weight excluding hydrogens is 266 g/mol. The average Bonchev–Trinajstić information content (AvgIpc) is 2.74. The first kappa shape index (κ1) is 16.3. The molecule has 21 heavy (non-hydrogen) atoms. The lowest BCUT2D eigenvalue weighted by molar-refractivity contribution is -0.162. The molecule has 1 saturated heterocycles. The lowest BCUT2D eigenvalue weighted by atomic mass is 9.71. The summed E-state index contributed by atoms with van der Waals surface area (Å²) in [4.78, 5) is 26.0. The SMILES string of the molecule is CCC(C(=O)O[C@H]1C[C@@H](C)CC(C)(C)C1)N1CCCC1=O. The molecule has 1 amide bonds. The molecule has 2 aliphatic rings. The summed E-state index contributed by atoms with van der Waals surface area (Å²) >= 11 is 0. The molecule has 2 rings (SSSR count). The van der Waals surface area contributed by atoms with E-state index in [2.05, 4.69) is 20.8 Å². The van der Waals surface area contributed by atoms with Crippen LogP contribution in [0.5, 0.6) is 0 Å². The number of carbonyl (C=O) groups excluding carboxylic acids is 2. The van der Waals surface area contributed by atoms with E-state index < -0.39 is 0 Å². The second-order valence-electron chi connectivity index (χ2n) is 7.59. The summed E-state index contributed by atoms with van der Waals surface area (Å²) < 4.78 is 5.78. The number of hydrogen-bond acceptors (Lipinski definition) is 3. The predicted octanol–water partition coefficient (Wildman–Crippen LogP) is 3.15. The zero-order valence-corrected chi connectivity index (χ0v) is 13.9. The molecule has 2 fully saturated rings. The Balaban J connectivity index is 1.97. The van der Waals surface area contributed by atoms with Crippen molar-refractivity contribution in [1.29, 1.82) is 0 Å². The van der Waals surface area contributed by atoms with E-state index >= 15 is 0 Å². The van der Waals surface area contributed by atoms with Crippen LogP contribution in [-0.2, 0) is 14.3 Å². The van der Waals surface area contributed by atoms with Crippen molar-refractivity contribution >= 4 is 11.9 Å². The molecule has 1 unspecified atom stereocenters. The molecule has 4 heteroatoms. The molecule has 120 valence electrons. The second-order valence-corrected chi connectivity index (χ2v) is 7.59. The highest BCUT2D eigenvalue weighted by molar-refractivity contribution is 5.85. The molecule has 0 spiro atoms. The highest BCUT2D eigenvalue weighted by atomic mass is 16.5. The summed E-state index contributed by atoms with van der Waals surface area (Å²) in [7, 11) is 0. The first-order valence-electron chi connectivity index (χ1n) is 8.32. The first-order chi connectivity index (χ1) is 9.82. The summed E-state index contributed by atoms with van der Waals surface area (Å²) in [6.07, 6.45) is 5.11. The van der Waals surface area contributed by atoms with Crippen LogP contribution >= 0.6 is 0 Å². The molecule has 0 bridgehead atoms. The van der Waals surface area contributed by atoms with Gasteiger partial charge in [-0.1, -0.05) is 27.7 Å². The van der Waals surface area contributed by atoms with Gasteiger partial charge in [-0.2, -0.15) is 0 Å². The van der Waals surface area contributed by atoms with Gasteiger partial charge in [-0.3, -0.25) is 4.79 Å². The fourth-order valence-corrected chi connectivity index (χ4v) is 4.10. The largest absolute Gasteiger partial charge is 0.461 e. The van der Waals surface area contributed by atoms with Crippen molar-refractivity contribution in [2.75, 3.05) is 6.54 Å². The van der Waals surface area contributed by atoms with Gasteiger partial charge in [-0.25, -0.2) is 4.79 Å². The standard InChI is InChI=1S/C17H29NO3/c1-5-14(18-8-6-7-15(18)19)16(20)21-13-9-12(2)10-17(3,4)11-13/h12-14H,5-11H2,1-4H3/t12-,13+,14?/m1/s1. The van der Waals surface area contributed by atoms with Crippen molar-refractivity contribution in [2.24, 2.45) is 11.3 Å². The third-order valence-electron chi connectivity index (χ3n) is 4.77. The number of carbonyl (C=O) groups is 2. The van der Waals surface area contributed by atoms with Gasteiger partial charge in [0, 0.05) is 13.0 Å². The van der Waals surface area contributed by atoms with Crippen LogP contribution in [-0.4, -0.2) is 35.5 Å². The molecule has 0 aromatic rings. The Morgan fingerprint density at radius 3 is 2.67 bits per heavy atom. The van der Waals surface area contributed by atoms with Gasteiger partial charge >= 0.3 is 5.97 Å². The van der Waals surface area contributed by atoms with Crippen LogP contribution in [0.1, 0.15) is 66.2 Å². The van der Waals surface area contributed by atoms with Crippen molar-refractivity contribution in [3.8, 4) is 0 Å². The lowest BCUT2D eigenvalue weighted by Crippen LogP contribution is -2.44. The normalized spacial score (nSPS) is 30.3. The van der Waals surface area contributed by atoms with Crippen molar-refractivity contribution < 1.29 is 14.3 Å². The van der Waals surface area contributed by atoms with Crippen LogP contribution < -0.4 is 0 Å². The molecule has 0 N–H and O–H groups in total. The molecule has 1 aliphatic carbocycles. The van der Waals surface area contributed by atoms with Gasteiger partial charge in [0.25, 0.3) is 0 Å². The van der Waals surface area contributed by atoms with E-state index in [0.29, 0.717) is 25.3 Å². The number of likely N-dealkylation sites (tertiary alicyclic amines) is 1. The van der Waals surface area contributed by atoms with Crippen molar-refractivity contribution in [3.63, 3.8) is 0 Å². The average molecular weight is 295 g/mol. The van der Waals surface area contributed by atoms with Crippen molar-refractivity contribution in [3.05, 3.63) is 0 Å². The molecule has 4 nitrogen and oxygen atoms in total. The molecule has 1 aliphatic heterocycles. The zero-order valence-electron chi connectivity index (χ0n) is 13.9. The molecule has 0 aromatic carbocycles. The van der Waals surface area contributed by atoms with Crippen LogP contribution in [0, 0.1) is 11.3 Å². The van der Waals surface area contributed by atoms with Gasteiger partial charge in [-0.05, 0) is 43.4 Å². The maximum atomic E-state index is 12.5. The fraction of sp³-hybridized carbons (Fsp3) is 0.882. The van der Waals surface area contributed by atoms with E-state index in [-0.39, 0.29) is 29.4 Å². The van der Waals surface area contributed by atoms with Gasteiger partial charge < -0.3 is 9.64 Å². The topological polar surface area (TPSA) is 46.6 Å². The molecule has 0 aromatic heterocycles.